The van der Waals surface area contributed by atoms with Crippen LogP contribution >= 0.6 is 0 Å². The molecule has 7 heteroatoms. The maximum Gasteiger partial charge on any atom is 0.318 e. The fraction of sp³-hybridized carbons (Fsp3) is 0.105. The van der Waals surface area contributed by atoms with E-state index in [0.29, 0.717) is 0 Å². The Labute approximate surface area is 149 Å². The van der Waals surface area contributed by atoms with Gasteiger partial charge in [0.05, 0.1) is 12.4 Å². The number of benzene rings is 2. The molecule has 0 bridgehead atoms. The highest BCUT2D eigenvalue weighted by atomic mass is 19.1. The molecule has 0 aliphatic heterocycles. The van der Waals surface area contributed by atoms with Gasteiger partial charge in [-0.1, -0.05) is 36.4 Å². The standard InChI is InChI=1S/C19H16F2N4O/c1-13-4-2-3-5-15(13)10-23-25-18-17(21)11-22-19(24-18)26-12-14-6-8-16(20)9-7-14/h2-11H,12H2,1H3,(H,22,24,25)/b23-10+. The second kappa shape index (κ2) is 8.15. The minimum absolute atomic E-state index is 0.00989. The summed E-state index contributed by atoms with van der Waals surface area (Å²) in [4.78, 5) is 7.73. The van der Waals surface area contributed by atoms with Crippen molar-refractivity contribution in [3.05, 3.63) is 83.1 Å². The Balaban J connectivity index is 1.65. The normalized spacial score (nSPS) is 10.9. The molecule has 0 unspecified atom stereocenters. The monoisotopic (exact) mass is 354 g/mol. The number of hydrogen-bond acceptors (Lipinski definition) is 5. The molecular formula is C19H16F2N4O. The van der Waals surface area contributed by atoms with Crippen LogP contribution in [0.15, 0.2) is 59.8 Å². The summed E-state index contributed by atoms with van der Waals surface area (Å²) in [7, 11) is 0. The molecule has 0 fully saturated rings. The lowest BCUT2D eigenvalue weighted by atomic mass is 10.1. The van der Waals surface area contributed by atoms with Crippen LogP contribution in [-0.4, -0.2) is 16.2 Å². The van der Waals surface area contributed by atoms with Crippen LogP contribution in [0.2, 0.25) is 0 Å². The largest absolute Gasteiger partial charge is 0.459 e. The van der Waals surface area contributed by atoms with Crippen LogP contribution in [0.1, 0.15) is 16.7 Å². The zero-order chi connectivity index (χ0) is 18.4. The zero-order valence-electron chi connectivity index (χ0n) is 14.0. The molecule has 0 radical (unpaired) electrons. The van der Waals surface area contributed by atoms with E-state index < -0.39 is 5.82 Å². The second-order valence-corrected chi connectivity index (χ2v) is 5.49. The van der Waals surface area contributed by atoms with Crippen molar-refractivity contribution in [3.63, 3.8) is 0 Å². The van der Waals surface area contributed by atoms with E-state index in [9.17, 15) is 8.78 Å². The number of aromatic nitrogens is 2. The first-order valence-corrected chi connectivity index (χ1v) is 7.86. The van der Waals surface area contributed by atoms with E-state index in [-0.39, 0.29) is 24.3 Å². The summed E-state index contributed by atoms with van der Waals surface area (Å²) in [5.74, 6) is -1.08. The van der Waals surface area contributed by atoms with Crippen LogP contribution in [0.4, 0.5) is 14.6 Å². The zero-order valence-corrected chi connectivity index (χ0v) is 14.0. The Kier molecular flexibility index (Phi) is 5.48. The van der Waals surface area contributed by atoms with Crippen molar-refractivity contribution < 1.29 is 13.5 Å². The molecule has 3 rings (SSSR count). The second-order valence-electron chi connectivity index (χ2n) is 5.49. The molecule has 0 amide bonds. The molecule has 0 saturated heterocycles. The van der Waals surface area contributed by atoms with Gasteiger partial charge >= 0.3 is 6.01 Å². The maximum absolute atomic E-state index is 13.8. The SMILES string of the molecule is Cc1ccccc1/C=N/Nc1nc(OCc2ccc(F)cc2)ncc1F. The third kappa shape index (κ3) is 4.60. The van der Waals surface area contributed by atoms with Crippen molar-refractivity contribution in [3.8, 4) is 6.01 Å². The van der Waals surface area contributed by atoms with Gasteiger partial charge in [-0.3, -0.25) is 5.43 Å². The van der Waals surface area contributed by atoms with Gasteiger partial charge in [-0.25, -0.2) is 13.8 Å². The van der Waals surface area contributed by atoms with Gasteiger partial charge in [0.25, 0.3) is 0 Å². The van der Waals surface area contributed by atoms with E-state index in [1.54, 1.807) is 18.3 Å². The average Bonchev–Trinajstić information content (AvgIpc) is 2.65. The van der Waals surface area contributed by atoms with Crippen molar-refractivity contribution in [2.45, 2.75) is 13.5 Å². The Morgan fingerprint density at radius 3 is 2.65 bits per heavy atom. The molecule has 1 heterocycles. The maximum atomic E-state index is 13.8. The summed E-state index contributed by atoms with van der Waals surface area (Å²) < 4.78 is 32.1. The van der Waals surface area contributed by atoms with E-state index in [1.165, 1.54) is 12.1 Å². The van der Waals surface area contributed by atoms with Gasteiger partial charge in [0.2, 0.25) is 0 Å². The van der Waals surface area contributed by atoms with Crippen molar-refractivity contribution >= 4 is 12.0 Å². The molecule has 0 aliphatic carbocycles. The third-order valence-corrected chi connectivity index (χ3v) is 3.57. The highest BCUT2D eigenvalue weighted by Gasteiger charge is 2.07. The van der Waals surface area contributed by atoms with E-state index in [1.807, 2.05) is 31.2 Å². The molecule has 0 spiro atoms. The number of ether oxygens (including phenoxy) is 1. The quantitative estimate of drug-likeness (QED) is 0.535. The first kappa shape index (κ1) is 17.5. The van der Waals surface area contributed by atoms with Gasteiger partial charge in [-0.05, 0) is 35.7 Å². The Hall–Kier alpha value is -3.35. The highest BCUT2D eigenvalue weighted by Crippen LogP contribution is 2.15. The summed E-state index contributed by atoms with van der Waals surface area (Å²) in [5, 5.41) is 4.00. The van der Waals surface area contributed by atoms with Gasteiger partial charge in [0.1, 0.15) is 12.4 Å². The number of anilines is 1. The van der Waals surface area contributed by atoms with Gasteiger partial charge in [0, 0.05) is 0 Å². The van der Waals surface area contributed by atoms with Crippen LogP contribution in [-0.2, 0) is 6.61 Å². The minimum atomic E-state index is -0.652. The summed E-state index contributed by atoms with van der Waals surface area (Å²) in [5.41, 5.74) is 5.24. The van der Waals surface area contributed by atoms with Gasteiger partial charge in [0.15, 0.2) is 11.6 Å². The minimum Gasteiger partial charge on any atom is -0.459 e. The smallest absolute Gasteiger partial charge is 0.318 e. The van der Waals surface area contributed by atoms with Crippen LogP contribution in [0.25, 0.3) is 0 Å². The molecule has 0 atom stereocenters. The molecule has 0 saturated carbocycles. The summed E-state index contributed by atoms with van der Waals surface area (Å²) >= 11 is 0. The van der Waals surface area contributed by atoms with Crippen molar-refractivity contribution in [2.24, 2.45) is 5.10 Å². The number of hydrazone groups is 1. The summed E-state index contributed by atoms with van der Waals surface area (Å²) in [6.45, 7) is 2.09. The fourth-order valence-corrected chi connectivity index (χ4v) is 2.12. The number of rotatable bonds is 6. The van der Waals surface area contributed by atoms with Gasteiger partial charge in [-0.15, -0.1) is 0 Å². The third-order valence-electron chi connectivity index (χ3n) is 3.57. The predicted molar refractivity (Wildman–Crippen MR) is 95.1 cm³/mol. The Morgan fingerprint density at radius 1 is 1.12 bits per heavy atom. The van der Waals surface area contributed by atoms with Crippen LogP contribution < -0.4 is 10.2 Å². The first-order chi connectivity index (χ1) is 12.6. The number of nitrogens with zero attached hydrogens (tertiary/aromatic N) is 3. The average molecular weight is 354 g/mol. The summed E-state index contributed by atoms with van der Waals surface area (Å²) in [6, 6.07) is 13.5. The van der Waals surface area contributed by atoms with Crippen LogP contribution in [0.3, 0.4) is 0 Å². The predicted octanol–water partition coefficient (Wildman–Crippen LogP) is 4.09. The Bertz CT molecular complexity index is 914. The topological polar surface area (TPSA) is 59.4 Å². The van der Waals surface area contributed by atoms with Gasteiger partial charge in [-0.2, -0.15) is 10.1 Å². The highest BCUT2D eigenvalue weighted by molar-refractivity contribution is 5.82. The molecule has 1 N–H and O–H groups in total. The summed E-state index contributed by atoms with van der Waals surface area (Å²) in [6.07, 6.45) is 2.58. The van der Waals surface area contributed by atoms with E-state index >= 15 is 0 Å². The number of aryl methyl sites for hydroxylation is 1. The van der Waals surface area contributed by atoms with E-state index in [0.717, 1.165) is 22.9 Å². The molecule has 2 aromatic carbocycles. The van der Waals surface area contributed by atoms with E-state index in [2.05, 4.69) is 20.5 Å². The molecule has 5 nitrogen and oxygen atoms in total. The number of nitrogens with one attached hydrogen (secondary N) is 1. The van der Waals surface area contributed by atoms with Crippen molar-refractivity contribution in [1.82, 2.24) is 9.97 Å². The first-order valence-electron chi connectivity index (χ1n) is 7.86. The molecule has 3 aromatic rings. The van der Waals surface area contributed by atoms with Crippen molar-refractivity contribution in [2.75, 3.05) is 5.43 Å². The number of halogens is 2. The number of hydrogen-bond donors (Lipinski definition) is 1. The molecular weight excluding hydrogens is 338 g/mol. The lowest BCUT2D eigenvalue weighted by Crippen LogP contribution is -2.04. The van der Waals surface area contributed by atoms with Crippen LogP contribution in [0.5, 0.6) is 6.01 Å². The fourth-order valence-electron chi connectivity index (χ4n) is 2.12. The Morgan fingerprint density at radius 2 is 1.88 bits per heavy atom. The van der Waals surface area contributed by atoms with E-state index in [4.69, 9.17) is 4.74 Å². The lowest BCUT2D eigenvalue weighted by molar-refractivity contribution is 0.279. The molecule has 1 aromatic heterocycles. The molecule has 0 aliphatic rings. The molecule has 26 heavy (non-hydrogen) atoms. The van der Waals surface area contributed by atoms with Crippen molar-refractivity contribution in [1.29, 1.82) is 0 Å². The lowest BCUT2D eigenvalue weighted by Gasteiger charge is -2.07. The van der Waals surface area contributed by atoms with Gasteiger partial charge < -0.3 is 4.74 Å². The molecule has 132 valence electrons. The van der Waals surface area contributed by atoms with Crippen LogP contribution in [0, 0.1) is 18.6 Å².